The SMILES string of the molecule is CC(O)c1ccccc1N1CCS(=O)(=O)CC1. The van der Waals surface area contributed by atoms with Gasteiger partial charge in [0.2, 0.25) is 0 Å². The van der Waals surface area contributed by atoms with Crippen LogP contribution in [0.1, 0.15) is 18.6 Å². The van der Waals surface area contributed by atoms with Crippen molar-refractivity contribution in [2.45, 2.75) is 13.0 Å². The number of anilines is 1. The Balaban J connectivity index is 2.24. The zero-order valence-corrected chi connectivity index (χ0v) is 10.7. The molecule has 1 atom stereocenters. The third kappa shape index (κ3) is 2.79. The first kappa shape index (κ1) is 12.4. The normalized spacial score (nSPS) is 21.2. The molecule has 1 saturated heterocycles. The molecule has 0 aromatic heterocycles. The van der Waals surface area contributed by atoms with Gasteiger partial charge in [0.05, 0.1) is 17.6 Å². The van der Waals surface area contributed by atoms with Gasteiger partial charge in [-0.25, -0.2) is 8.42 Å². The number of aliphatic hydroxyl groups excluding tert-OH is 1. The van der Waals surface area contributed by atoms with Gasteiger partial charge >= 0.3 is 0 Å². The van der Waals surface area contributed by atoms with Gasteiger partial charge in [0, 0.05) is 24.3 Å². The van der Waals surface area contributed by atoms with Crippen LogP contribution in [0.3, 0.4) is 0 Å². The van der Waals surface area contributed by atoms with Crippen LogP contribution in [-0.4, -0.2) is 38.1 Å². The fraction of sp³-hybridized carbons (Fsp3) is 0.500. The van der Waals surface area contributed by atoms with Gasteiger partial charge in [-0.2, -0.15) is 0 Å². The first-order chi connectivity index (χ1) is 7.99. The maximum atomic E-state index is 11.4. The van der Waals surface area contributed by atoms with Crippen molar-refractivity contribution in [3.8, 4) is 0 Å². The average Bonchev–Trinajstić information content (AvgIpc) is 2.29. The van der Waals surface area contributed by atoms with Gasteiger partial charge < -0.3 is 10.0 Å². The van der Waals surface area contributed by atoms with Crippen molar-refractivity contribution in [3.05, 3.63) is 29.8 Å². The Morgan fingerprint density at radius 3 is 2.41 bits per heavy atom. The number of hydrogen-bond acceptors (Lipinski definition) is 4. The minimum absolute atomic E-state index is 0.196. The molecule has 0 bridgehead atoms. The molecule has 1 heterocycles. The van der Waals surface area contributed by atoms with Crippen LogP contribution in [0, 0.1) is 0 Å². The summed E-state index contributed by atoms with van der Waals surface area (Å²) in [6.45, 7) is 2.73. The van der Waals surface area contributed by atoms with Gasteiger partial charge in [0.1, 0.15) is 0 Å². The second-order valence-electron chi connectivity index (χ2n) is 4.37. The lowest BCUT2D eigenvalue weighted by molar-refractivity contribution is 0.199. The first-order valence-electron chi connectivity index (χ1n) is 5.72. The highest BCUT2D eigenvalue weighted by molar-refractivity contribution is 7.91. The summed E-state index contributed by atoms with van der Waals surface area (Å²) in [6, 6.07) is 7.60. The van der Waals surface area contributed by atoms with Gasteiger partial charge in [-0.05, 0) is 13.0 Å². The number of aliphatic hydroxyl groups is 1. The summed E-state index contributed by atoms with van der Waals surface area (Å²) in [5, 5.41) is 9.69. The molecule has 5 heteroatoms. The second-order valence-corrected chi connectivity index (χ2v) is 6.68. The van der Waals surface area contributed by atoms with Gasteiger partial charge in [-0.1, -0.05) is 18.2 Å². The predicted octanol–water partition coefficient (Wildman–Crippen LogP) is 0.975. The standard InChI is InChI=1S/C12H17NO3S/c1-10(14)11-4-2-3-5-12(11)13-6-8-17(15,16)9-7-13/h2-5,10,14H,6-9H2,1H3. The Morgan fingerprint density at radius 2 is 1.82 bits per heavy atom. The molecule has 1 aromatic rings. The van der Waals surface area contributed by atoms with E-state index < -0.39 is 15.9 Å². The molecule has 94 valence electrons. The van der Waals surface area contributed by atoms with Crippen LogP contribution in [0.15, 0.2) is 24.3 Å². The molecular formula is C12H17NO3S. The Labute approximate surface area is 102 Å². The average molecular weight is 255 g/mol. The first-order valence-corrected chi connectivity index (χ1v) is 7.54. The van der Waals surface area contributed by atoms with Crippen molar-refractivity contribution in [1.82, 2.24) is 0 Å². The summed E-state index contributed by atoms with van der Waals surface area (Å²) in [5.41, 5.74) is 1.80. The van der Waals surface area contributed by atoms with Crippen LogP contribution in [0.5, 0.6) is 0 Å². The molecule has 0 aliphatic carbocycles. The molecule has 0 saturated carbocycles. The van der Waals surface area contributed by atoms with Crippen LogP contribution in [0.25, 0.3) is 0 Å². The number of rotatable bonds is 2. The summed E-state index contributed by atoms with van der Waals surface area (Å²) in [7, 11) is -2.86. The molecule has 2 rings (SSSR count). The van der Waals surface area contributed by atoms with E-state index in [2.05, 4.69) is 0 Å². The van der Waals surface area contributed by atoms with Gasteiger partial charge in [-0.3, -0.25) is 0 Å². The van der Waals surface area contributed by atoms with Crippen molar-refractivity contribution in [2.24, 2.45) is 0 Å². The Hall–Kier alpha value is -1.07. The molecule has 4 nitrogen and oxygen atoms in total. The lowest BCUT2D eigenvalue weighted by atomic mass is 10.1. The third-order valence-corrected chi connectivity index (χ3v) is 4.68. The number of para-hydroxylation sites is 1. The van der Waals surface area contributed by atoms with Crippen LogP contribution in [0.2, 0.25) is 0 Å². The maximum Gasteiger partial charge on any atom is 0.153 e. The number of hydrogen-bond donors (Lipinski definition) is 1. The van der Waals surface area contributed by atoms with E-state index in [1.807, 2.05) is 29.2 Å². The highest BCUT2D eigenvalue weighted by Crippen LogP contribution is 2.27. The lowest BCUT2D eigenvalue weighted by Crippen LogP contribution is -2.40. The minimum atomic E-state index is -2.86. The van der Waals surface area contributed by atoms with Crippen LogP contribution < -0.4 is 4.90 Å². The molecule has 0 amide bonds. The molecule has 0 radical (unpaired) electrons. The summed E-state index contributed by atoms with van der Waals surface area (Å²) in [6.07, 6.45) is -0.537. The van der Waals surface area contributed by atoms with Crippen LogP contribution in [0.4, 0.5) is 5.69 Å². The molecule has 0 spiro atoms. The molecule has 1 N–H and O–H groups in total. The Kier molecular flexibility index (Phi) is 3.40. The Bertz CT molecular complexity index is 482. The summed E-state index contributed by atoms with van der Waals surface area (Å²) in [5.74, 6) is 0.391. The minimum Gasteiger partial charge on any atom is -0.389 e. The molecule has 1 fully saturated rings. The predicted molar refractivity (Wildman–Crippen MR) is 67.9 cm³/mol. The van der Waals surface area contributed by atoms with Gasteiger partial charge in [-0.15, -0.1) is 0 Å². The molecule has 1 aromatic carbocycles. The lowest BCUT2D eigenvalue weighted by Gasteiger charge is -2.31. The van der Waals surface area contributed by atoms with E-state index in [1.165, 1.54) is 0 Å². The van der Waals surface area contributed by atoms with Crippen molar-refractivity contribution < 1.29 is 13.5 Å². The van der Waals surface area contributed by atoms with E-state index in [0.717, 1.165) is 11.3 Å². The third-order valence-electron chi connectivity index (χ3n) is 3.07. The zero-order chi connectivity index (χ0) is 12.5. The molecule has 1 aliphatic rings. The smallest absolute Gasteiger partial charge is 0.153 e. The molecular weight excluding hydrogens is 238 g/mol. The van der Waals surface area contributed by atoms with Crippen LogP contribution in [-0.2, 0) is 9.84 Å². The van der Waals surface area contributed by atoms with Crippen molar-refractivity contribution in [3.63, 3.8) is 0 Å². The quantitative estimate of drug-likeness (QED) is 0.855. The molecule has 1 unspecified atom stereocenters. The van der Waals surface area contributed by atoms with E-state index in [4.69, 9.17) is 0 Å². The van der Waals surface area contributed by atoms with Crippen molar-refractivity contribution in [2.75, 3.05) is 29.5 Å². The van der Waals surface area contributed by atoms with Crippen molar-refractivity contribution in [1.29, 1.82) is 0 Å². The van der Waals surface area contributed by atoms with Gasteiger partial charge in [0.25, 0.3) is 0 Å². The van der Waals surface area contributed by atoms with E-state index in [-0.39, 0.29) is 11.5 Å². The second kappa shape index (κ2) is 4.66. The van der Waals surface area contributed by atoms with Crippen LogP contribution >= 0.6 is 0 Å². The fourth-order valence-corrected chi connectivity index (χ4v) is 3.28. The highest BCUT2D eigenvalue weighted by atomic mass is 32.2. The zero-order valence-electron chi connectivity index (χ0n) is 9.83. The maximum absolute atomic E-state index is 11.4. The summed E-state index contributed by atoms with van der Waals surface area (Å²) < 4.78 is 22.7. The monoisotopic (exact) mass is 255 g/mol. The van der Waals surface area contributed by atoms with E-state index >= 15 is 0 Å². The van der Waals surface area contributed by atoms with Crippen molar-refractivity contribution >= 4 is 15.5 Å². The van der Waals surface area contributed by atoms with E-state index in [1.54, 1.807) is 6.92 Å². The topological polar surface area (TPSA) is 57.6 Å². The number of sulfone groups is 1. The highest BCUT2D eigenvalue weighted by Gasteiger charge is 2.23. The largest absolute Gasteiger partial charge is 0.389 e. The number of benzene rings is 1. The molecule has 17 heavy (non-hydrogen) atoms. The van der Waals surface area contributed by atoms with E-state index in [0.29, 0.717) is 13.1 Å². The summed E-state index contributed by atoms with van der Waals surface area (Å²) in [4.78, 5) is 2.03. The van der Waals surface area contributed by atoms with Gasteiger partial charge in [0.15, 0.2) is 9.84 Å². The number of nitrogens with zero attached hydrogens (tertiary/aromatic N) is 1. The Morgan fingerprint density at radius 1 is 1.24 bits per heavy atom. The van der Waals surface area contributed by atoms with E-state index in [9.17, 15) is 13.5 Å². The summed E-state index contributed by atoms with van der Waals surface area (Å²) >= 11 is 0. The molecule has 1 aliphatic heterocycles. The fourth-order valence-electron chi connectivity index (χ4n) is 2.08.